The van der Waals surface area contributed by atoms with E-state index in [9.17, 15) is 0 Å². The number of nitriles is 1. The molecule has 138 valence electrons. The lowest BCUT2D eigenvalue weighted by molar-refractivity contribution is 0.187. The second kappa shape index (κ2) is 6.71. The van der Waals surface area contributed by atoms with Gasteiger partial charge in [-0.1, -0.05) is 18.7 Å². The van der Waals surface area contributed by atoms with Crippen LogP contribution in [0.15, 0.2) is 48.8 Å². The highest BCUT2D eigenvalue weighted by Crippen LogP contribution is 2.40. The van der Waals surface area contributed by atoms with Gasteiger partial charge in [-0.15, -0.1) is 0 Å². The van der Waals surface area contributed by atoms with Crippen molar-refractivity contribution in [1.82, 2.24) is 9.88 Å². The monoisotopic (exact) mass is 359 g/mol. The molecule has 5 heteroatoms. The fourth-order valence-electron chi connectivity index (χ4n) is 4.00. The number of rotatable bonds is 2. The summed E-state index contributed by atoms with van der Waals surface area (Å²) in [6, 6.07) is 12.8. The van der Waals surface area contributed by atoms with Crippen molar-refractivity contribution in [3.63, 3.8) is 0 Å². The van der Waals surface area contributed by atoms with Crippen molar-refractivity contribution in [2.45, 2.75) is 25.9 Å². The van der Waals surface area contributed by atoms with E-state index in [1.165, 1.54) is 0 Å². The summed E-state index contributed by atoms with van der Waals surface area (Å²) in [7, 11) is 2.08. The first-order valence-corrected chi connectivity index (χ1v) is 9.43. The summed E-state index contributed by atoms with van der Waals surface area (Å²) >= 11 is 0. The smallest absolute Gasteiger partial charge is 0.153 e. The molecule has 1 aromatic carbocycles. The second-order valence-corrected chi connectivity index (χ2v) is 7.60. The van der Waals surface area contributed by atoms with Crippen molar-refractivity contribution in [2.24, 2.45) is 0 Å². The van der Waals surface area contributed by atoms with Crippen LogP contribution in [0.4, 0.5) is 11.5 Å². The largest absolute Gasteiger partial charge is 0.344 e. The molecular weight excluding hydrogens is 334 g/mol. The maximum atomic E-state index is 9.00. The number of hydrogen-bond acceptors (Lipinski definition) is 5. The maximum absolute atomic E-state index is 9.00. The van der Waals surface area contributed by atoms with Gasteiger partial charge >= 0.3 is 0 Å². The van der Waals surface area contributed by atoms with Crippen molar-refractivity contribution >= 4 is 11.5 Å². The summed E-state index contributed by atoms with van der Waals surface area (Å²) < 4.78 is 0. The van der Waals surface area contributed by atoms with Crippen molar-refractivity contribution in [3.8, 4) is 17.2 Å². The summed E-state index contributed by atoms with van der Waals surface area (Å²) in [6.45, 7) is 11.9. The normalized spacial score (nSPS) is 19.7. The summed E-state index contributed by atoms with van der Waals surface area (Å²) in [4.78, 5) is 11.9. The van der Waals surface area contributed by atoms with Gasteiger partial charge in [0.2, 0.25) is 0 Å². The van der Waals surface area contributed by atoms with E-state index in [0.29, 0.717) is 11.6 Å². The number of pyridine rings is 1. The van der Waals surface area contributed by atoms with Crippen LogP contribution in [-0.4, -0.2) is 48.6 Å². The lowest BCUT2D eigenvalue weighted by Crippen LogP contribution is -2.59. The third-order valence-corrected chi connectivity index (χ3v) is 5.79. The highest BCUT2D eigenvalue weighted by Gasteiger charge is 2.38. The van der Waals surface area contributed by atoms with Crippen molar-refractivity contribution in [3.05, 3.63) is 54.4 Å². The standard InChI is InChI=1S/C22H25N5/c1-15(2)26-9-10-27-21(14-26)16(3)25(4)20-11-19(13-24-22(20)27)18-7-5-17(12-23)6-8-18/h5-8,11,13,15,21H,3,9-10,14H2,1-2,4H3. The average molecular weight is 359 g/mol. The Balaban J connectivity index is 1.70. The molecule has 0 aliphatic carbocycles. The van der Waals surface area contributed by atoms with Crippen LogP contribution in [0.3, 0.4) is 0 Å². The Labute approximate surface area is 161 Å². The highest BCUT2D eigenvalue weighted by atomic mass is 15.4. The third kappa shape index (κ3) is 2.96. The van der Waals surface area contributed by atoms with Crippen LogP contribution in [0.5, 0.6) is 0 Å². The Kier molecular flexibility index (Phi) is 4.37. The minimum absolute atomic E-state index is 0.270. The van der Waals surface area contributed by atoms with E-state index in [-0.39, 0.29) is 6.04 Å². The van der Waals surface area contributed by atoms with Gasteiger partial charge in [0.05, 0.1) is 23.4 Å². The number of hydrogen-bond donors (Lipinski definition) is 0. The van der Waals surface area contributed by atoms with Crippen LogP contribution < -0.4 is 9.80 Å². The van der Waals surface area contributed by atoms with Gasteiger partial charge < -0.3 is 9.80 Å². The molecule has 0 radical (unpaired) electrons. The van der Waals surface area contributed by atoms with E-state index < -0.39 is 0 Å². The van der Waals surface area contributed by atoms with Gasteiger partial charge in [0.15, 0.2) is 5.82 Å². The van der Waals surface area contributed by atoms with E-state index >= 15 is 0 Å². The second-order valence-electron chi connectivity index (χ2n) is 7.60. The molecule has 0 spiro atoms. The van der Waals surface area contributed by atoms with E-state index in [0.717, 1.165) is 48.0 Å². The molecule has 1 saturated heterocycles. The van der Waals surface area contributed by atoms with Gasteiger partial charge in [-0.05, 0) is 37.6 Å². The number of benzene rings is 1. The minimum Gasteiger partial charge on any atom is -0.344 e. The van der Waals surface area contributed by atoms with Gasteiger partial charge in [0.25, 0.3) is 0 Å². The first-order chi connectivity index (χ1) is 13.0. The van der Waals surface area contributed by atoms with Crippen LogP contribution in [0.2, 0.25) is 0 Å². The summed E-state index contributed by atoms with van der Waals surface area (Å²) in [5, 5.41) is 9.00. The van der Waals surface area contributed by atoms with Crippen LogP contribution in [0.25, 0.3) is 11.1 Å². The number of nitrogens with zero attached hydrogens (tertiary/aromatic N) is 5. The first kappa shape index (κ1) is 17.6. The number of anilines is 2. The minimum atomic E-state index is 0.270. The van der Waals surface area contributed by atoms with Crippen molar-refractivity contribution < 1.29 is 0 Å². The van der Waals surface area contributed by atoms with Crippen LogP contribution >= 0.6 is 0 Å². The molecule has 0 N–H and O–H groups in total. The van der Waals surface area contributed by atoms with Crippen LogP contribution in [-0.2, 0) is 0 Å². The first-order valence-electron chi connectivity index (χ1n) is 9.43. The molecule has 4 rings (SSSR count). The molecule has 27 heavy (non-hydrogen) atoms. The molecule has 0 bridgehead atoms. The molecule has 1 atom stereocenters. The highest BCUT2D eigenvalue weighted by molar-refractivity contribution is 5.80. The lowest BCUT2D eigenvalue weighted by Gasteiger charge is -2.50. The molecule has 5 nitrogen and oxygen atoms in total. The number of fused-ring (bicyclic) bond motifs is 3. The quantitative estimate of drug-likeness (QED) is 0.821. The zero-order chi connectivity index (χ0) is 19.1. The van der Waals surface area contributed by atoms with E-state index in [1.54, 1.807) is 0 Å². The van der Waals surface area contributed by atoms with Gasteiger partial charge in [0.1, 0.15) is 0 Å². The van der Waals surface area contributed by atoms with Gasteiger partial charge in [-0.25, -0.2) is 4.98 Å². The maximum Gasteiger partial charge on any atom is 0.153 e. The summed E-state index contributed by atoms with van der Waals surface area (Å²) in [5.74, 6) is 1.04. The van der Waals surface area contributed by atoms with Gasteiger partial charge in [0, 0.05) is 50.2 Å². The van der Waals surface area contributed by atoms with Crippen LogP contribution in [0.1, 0.15) is 19.4 Å². The number of piperazine rings is 1. The molecule has 1 aromatic heterocycles. The molecule has 2 aliphatic rings. The molecule has 1 unspecified atom stereocenters. The fraction of sp³-hybridized carbons (Fsp3) is 0.364. The van der Waals surface area contributed by atoms with Gasteiger partial charge in [-0.2, -0.15) is 5.26 Å². The Bertz CT molecular complexity index is 909. The molecular formula is C22H25N5. The Morgan fingerprint density at radius 1 is 1.19 bits per heavy atom. The SMILES string of the molecule is C=C1C2CN(C(C)C)CCN2c2ncc(-c3ccc(C#N)cc3)cc2N1C. The van der Waals surface area contributed by atoms with E-state index in [1.807, 2.05) is 30.5 Å². The Hall–Kier alpha value is -2.84. The Morgan fingerprint density at radius 2 is 1.93 bits per heavy atom. The topological polar surface area (TPSA) is 46.4 Å². The molecule has 1 fully saturated rings. The van der Waals surface area contributed by atoms with Gasteiger partial charge in [-0.3, -0.25) is 4.90 Å². The lowest BCUT2D eigenvalue weighted by atomic mass is 10.0. The third-order valence-electron chi connectivity index (χ3n) is 5.79. The predicted octanol–water partition coefficient (Wildman–Crippen LogP) is 3.48. The van der Waals surface area contributed by atoms with Crippen molar-refractivity contribution in [1.29, 1.82) is 5.26 Å². The molecule has 2 aliphatic heterocycles. The Morgan fingerprint density at radius 3 is 2.59 bits per heavy atom. The summed E-state index contributed by atoms with van der Waals surface area (Å²) in [6.07, 6.45) is 1.94. The fourth-order valence-corrected chi connectivity index (χ4v) is 4.00. The zero-order valence-corrected chi connectivity index (χ0v) is 16.2. The number of aromatic nitrogens is 1. The molecule has 3 heterocycles. The van der Waals surface area contributed by atoms with Crippen LogP contribution in [0, 0.1) is 11.3 Å². The van der Waals surface area contributed by atoms with E-state index in [2.05, 4.69) is 54.3 Å². The van der Waals surface area contributed by atoms with Crippen molar-refractivity contribution in [2.75, 3.05) is 36.5 Å². The average Bonchev–Trinajstić information content (AvgIpc) is 2.71. The number of likely N-dealkylation sites (N-methyl/N-ethyl adjacent to an activating group) is 1. The van der Waals surface area contributed by atoms with E-state index in [4.69, 9.17) is 10.2 Å². The molecule has 0 amide bonds. The molecule has 0 saturated carbocycles. The molecule has 2 aromatic rings. The predicted molar refractivity (Wildman–Crippen MR) is 110 cm³/mol. The summed E-state index contributed by atoms with van der Waals surface area (Å²) in [5.41, 5.74) is 5.00. The zero-order valence-electron chi connectivity index (χ0n) is 16.2.